The number of benzene rings is 3. The molecule has 0 aromatic heterocycles. The van der Waals surface area contributed by atoms with E-state index in [1.165, 1.54) is 11.4 Å². The van der Waals surface area contributed by atoms with Crippen molar-refractivity contribution >= 4 is 39.1 Å². The highest BCUT2D eigenvalue weighted by molar-refractivity contribution is 7.92. The molecule has 0 bridgehead atoms. The quantitative estimate of drug-likeness (QED) is 0.263. The number of rotatable bonds is 15. The van der Waals surface area contributed by atoms with Gasteiger partial charge in [-0.3, -0.25) is 13.9 Å². The van der Waals surface area contributed by atoms with Gasteiger partial charge in [0.25, 0.3) is 0 Å². The van der Waals surface area contributed by atoms with Crippen LogP contribution in [0.2, 0.25) is 5.02 Å². The van der Waals surface area contributed by atoms with E-state index in [9.17, 15) is 18.0 Å². The van der Waals surface area contributed by atoms with Gasteiger partial charge in [0.15, 0.2) is 0 Å². The Morgan fingerprint density at radius 2 is 1.68 bits per heavy atom. The molecule has 1 unspecified atom stereocenters. The Morgan fingerprint density at radius 1 is 0.976 bits per heavy atom. The minimum Gasteiger partial charge on any atom is -0.497 e. The van der Waals surface area contributed by atoms with Crippen molar-refractivity contribution in [2.24, 2.45) is 0 Å². The van der Waals surface area contributed by atoms with E-state index in [-0.39, 0.29) is 37.7 Å². The molecule has 0 radical (unpaired) electrons. The third-order valence-corrected chi connectivity index (χ3v) is 8.03. The molecule has 0 heterocycles. The van der Waals surface area contributed by atoms with E-state index in [0.717, 1.165) is 23.8 Å². The standard InChI is InChI=1S/C31H38ClN3O5S/c1-4-19-33-31(37)29(21-24-10-6-5-7-11-24)34(23-25-15-17-26(32)18-16-25)30(36)14-9-20-35(41(3,38)39)27-12-8-13-28(22-27)40-2/h5-8,10-13,15-18,22,29H,4,9,14,19-21,23H2,1-3H3,(H,33,37). The summed E-state index contributed by atoms with van der Waals surface area (Å²) >= 11 is 6.09. The topological polar surface area (TPSA) is 96.0 Å². The number of methoxy groups -OCH3 is 1. The number of halogens is 1. The Labute approximate surface area is 248 Å². The van der Waals surface area contributed by atoms with Crippen molar-refractivity contribution in [3.8, 4) is 5.75 Å². The third-order valence-electron chi connectivity index (χ3n) is 6.58. The molecule has 3 aromatic rings. The molecule has 1 N–H and O–H groups in total. The van der Waals surface area contributed by atoms with Crippen LogP contribution >= 0.6 is 11.6 Å². The van der Waals surface area contributed by atoms with Crippen LogP contribution in [0.5, 0.6) is 5.75 Å². The Morgan fingerprint density at radius 3 is 2.32 bits per heavy atom. The number of anilines is 1. The second-order valence-electron chi connectivity index (χ2n) is 9.78. The molecule has 1 atom stereocenters. The van der Waals surface area contributed by atoms with Gasteiger partial charge < -0.3 is 15.0 Å². The van der Waals surface area contributed by atoms with Crippen LogP contribution in [0.1, 0.15) is 37.3 Å². The normalized spacial score (nSPS) is 11.9. The molecule has 0 spiro atoms. The van der Waals surface area contributed by atoms with E-state index >= 15 is 0 Å². The SMILES string of the molecule is CCCNC(=O)C(Cc1ccccc1)N(Cc1ccc(Cl)cc1)C(=O)CCCN(c1cccc(OC)c1)S(C)(=O)=O. The lowest BCUT2D eigenvalue weighted by atomic mass is 10.0. The van der Waals surface area contributed by atoms with E-state index in [0.29, 0.717) is 29.4 Å². The van der Waals surface area contributed by atoms with Crippen LogP contribution in [0.15, 0.2) is 78.9 Å². The molecule has 8 nitrogen and oxygen atoms in total. The first kappa shape index (κ1) is 32.0. The van der Waals surface area contributed by atoms with Crippen molar-refractivity contribution in [2.75, 3.05) is 30.8 Å². The fraction of sp³-hybridized carbons (Fsp3) is 0.355. The molecule has 0 saturated carbocycles. The first-order valence-electron chi connectivity index (χ1n) is 13.6. The smallest absolute Gasteiger partial charge is 0.243 e. The minimum atomic E-state index is -3.62. The Balaban J connectivity index is 1.86. The molecule has 0 fully saturated rings. The van der Waals surface area contributed by atoms with Crippen molar-refractivity contribution in [3.05, 3.63) is 95.0 Å². The van der Waals surface area contributed by atoms with Gasteiger partial charge in [0, 0.05) is 43.6 Å². The van der Waals surface area contributed by atoms with E-state index in [2.05, 4.69) is 5.32 Å². The number of hydrogen-bond acceptors (Lipinski definition) is 5. The zero-order valence-corrected chi connectivity index (χ0v) is 25.3. The summed E-state index contributed by atoms with van der Waals surface area (Å²) in [5.74, 6) is 0.0574. The first-order valence-corrected chi connectivity index (χ1v) is 15.8. The molecular weight excluding hydrogens is 562 g/mol. The Bertz CT molecular complexity index is 1380. The highest BCUT2D eigenvalue weighted by Crippen LogP contribution is 2.24. The number of hydrogen-bond donors (Lipinski definition) is 1. The van der Waals surface area contributed by atoms with Gasteiger partial charge in [0.2, 0.25) is 21.8 Å². The van der Waals surface area contributed by atoms with E-state index in [1.807, 2.05) is 49.4 Å². The average Bonchev–Trinajstić information content (AvgIpc) is 2.96. The number of sulfonamides is 1. The molecule has 10 heteroatoms. The molecule has 3 aromatic carbocycles. The van der Waals surface area contributed by atoms with E-state index in [1.54, 1.807) is 41.3 Å². The molecule has 3 rings (SSSR count). The molecule has 41 heavy (non-hydrogen) atoms. The first-order chi connectivity index (χ1) is 19.6. The maximum Gasteiger partial charge on any atom is 0.243 e. The predicted molar refractivity (Wildman–Crippen MR) is 164 cm³/mol. The lowest BCUT2D eigenvalue weighted by Gasteiger charge is -2.32. The predicted octanol–water partition coefficient (Wildman–Crippen LogP) is 5.06. The van der Waals surface area contributed by atoms with E-state index in [4.69, 9.17) is 16.3 Å². The van der Waals surface area contributed by atoms with Crippen LogP contribution in [0.3, 0.4) is 0 Å². The third kappa shape index (κ3) is 9.79. The van der Waals surface area contributed by atoms with Gasteiger partial charge in [-0.05, 0) is 48.2 Å². The summed E-state index contributed by atoms with van der Waals surface area (Å²) in [4.78, 5) is 28.8. The van der Waals surface area contributed by atoms with Crippen molar-refractivity contribution in [3.63, 3.8) is 0 Å². The van der Waals surface area contributed by atoms with Crippen LogP contribution in [0, 0.1) is 0 Å². The summed E-state index contributed by atoms with van der Waals surface area (Å²) in [6, 6.07) is 22.8. The molecule has 0 aliphatic heterocycles. The van der Waals surface area contributed by atoms with Gasteiger partial charge in [0.05, 0.1) is 19.1 Å². The van der Waals surface area contributed by atoms with Gasteiger partial charge in [-0.1, -0.05) is 67.1 Å². The number of carbonyl (C=O) groups excluding carboxylic acids is 2. The molecule has 0 aliphatic rings. The number of carbonyl (C=O) groups is 2. The number of amides is 2. The van der Waals surface area contributed by atoms with Gasteiger partial charge >= 0.3 is 0 Å². The lowest BCUT2D eigenvalue weighted by Crippen LogP contribution is -2.50. The largest absolute Gasteiger partial charge is 0.497 e. The summed E-state index contributed by atoms with van der Waals surface area (Å²) < 4.78 is 31.8. The van der Waals surface area contributed by atoms with Crippen LogP contribution < -0.4 is 14.4 Å². The summed E-state index contributed by atoms with van der Waals surface area (Å²) in [5.41, 5.74) is 2.22. The summed E-state index contributed by atoms with van der Waals surface area (Å²) in [6.45, 7) is 2.77. The maximum absolute atomic E-state index is 13.8. The van der Waals surface area contributed by atoms with Gasteiger partial charge in [-0.15, -0.1) is 0 Å². The van der Waals surface area contributed by atoms with Crippen molar-refractivity contribution in [2.45, 2.75) is 45.2 Å². The summed E-state index contributed by atoms with van der Waals surface area (Å²) in [5, 5.41) is 3.53. The average molecular weight is 600 g/mol. The van der Waals surface area contributed by atoms with E-state index < -0.39 is 16.1 Å². The number of nitrogens with one attached hydrogen (secondary N) is 1. The Hall–Kier alpha value is -3.56. The number of nitrogens with zero attached hydrogens (tertiary/aromatic N) is 2. The zero-order valence-electron chi connectivity index (χ0n) is 23.8. The van der Waals surface area contributed by atoms with Crippen LogP contribution in [-0.4, -0.2) is 57.6 Å². The van der Waals surface area contributed by atoms with Crippen molar-refractivity contribution in [1.82, 2.24) is 10.2 Å². The molecular formula is C31H38ClN3O5S. The van der Waals surface area contributed by atoms with Crippen molar-refractivity contribution < 1.29 is 22.7 Å². The Kier molecular flexibility index (Phi) is 12.0. The van der Waals surface area contributed by atoms with Crippen molar-refractivity contribution in [1.29, 1.82) is 0 Å². The van der Waals surface area contributed by atoms with Crippen LogP contribution in [-0.2, 0) is 32.6 Å². The highest BCUT2D eigenvalue weighted by Gasteiger charge is 2.30. The maximum atomic E-state index is 13.8. The summed E-state index contributed by atoms with van der Waals surface area (Å²) in [7, 11) is -2.10. The fourth-order valence-corrected chi connectivity index (χ4v) is 5.56. The monoisotopic (exact) mass is 599 g/mol. The molecule has 220 valence electrons. The molecule has 0 saturated heterocycles. The number of ether oxygens (including phenoxy) is 1. The summed E-state index contributed by atoms with van der Waals surface area (Å²) in [6.07, 6.45) is 2.55. The molecule has 0 aliphatic carbocycles. The second kappa shape index (κ2) is 15.4. The van der Waals surface area contributed by atoms with Gasteiger partial charge in [0.1, 0.15) is 11.8 Å². The zero-order chi connectivity index (χ0) is 29.8. The minimum absolute atomic E-state index is 0.0515. The second-order valence-corrected chi connectivity index (χ2v) is 12.1. The fourth-order valence-electron chi connectivity index (χ4n) is 4.48. The molecule has 2 amide bonds. The van der Waals surface area contributed by atoms with Gasteiger partial charge in [-0.2, -0.15) is 0 Å². The highest BCUT2D eigenvalue weighted by atomic mass is 35.5. The van der Waals surface area contributed by atoms with Crippen LogP contribution in [0.25, 0.3) is 0 Å². The van der Waals surface area contributed by atoms with Gasteiger partial charge in [-0.25, -0.2) is 8.42 Å². The van der Waals surface area contributed by atoms with Crippen LogP contribution in [0.4, 0.5) is 5.69 Å². The lowest BCUT2D eigenvalue weighted by molar-refractivity contribution is -0.141.